The lowest BCUT2D eigenvalue weighted by Gasteiger charge is -2.38. The summed E-state index contributed by atoms with van der Waals surface area (Å²) in [4.78, 5) is 11.0. The second-order valence-corrected chi connectivity index (χ2v) is 7.92. The average Bonchev–Trinajstić information content (AvgIpc) is 3.33. The summed E-state index contributed by atoms with van der Waals surface area (Å²) in [5, 5.41) is 18.2. The van der Waals surface area contributed by atoms with Gasteiger partial charge in [-0.2, -0.15) is 5.10 Å². The first kappa shape index (κ1) is 21.6. The predicted molar refractivity (Wildman–Crippen MR) is 125 cm³/mol. The Hall–Kier alpha value is -4.27. The van der Waals surface area contributed by atoms with Crippen molar-refractivity contribution in [1.29, 1.82) is 0 Å². The van der Waals surface area contributed by atoms with Crippen LogP contribution in [-0.4, -0.2) is 37.0 Å². The molecule has 3 aromatic carbocycles. The first-order chi connectivity index (χ1) is 16.5. The number of hydrogen-bond donors (Lipinski definition) is 0. The molecule has 0 amide bonds. The number of nitro benzene ring substituents is 1. The Labute approximate surface area is 196 Å². The molecule has 0 aliphatic carbocycles. The van der Waals surface area contributed by atoms with Crippen LogP contribution in [0.1, 0.15) is 35.4 Å². The normalized spacial score (nSPS) is 18.3. The fourth-order valence-electron chi connectivity index (χ4n) is 4.45. The molecule has 34 heavy (non-hydrogen) atoms. The van der Waals surface area contributed by atoms with Gasteiger partial charge in [0.2, 0.25) is 6.23 Å². The maximum atomic E-state index is 11.4. The molecule has 0 saturated carbocycles. The highest BCUT2D eigenvalue weighted by Crippen LogP contribution is 2.51. The second kappa shape index (κ2) is 8.58. The zero-order chi connectivity index (χ0) is 23.8. The van der Waals surface area contributed by atoms with E-state index >= 15 is 0 Å². The van der Waals surface area contributed by atoms with Crippen molar-refractivity contribution in [1.82, 2.24) is 5.01 Å². The molecular formula is C25H23N3O6. The molecule has 0 spiro atoms. The van der Waals surface area contributed by atoms with Crippen molar-refractivity contribution < 1.29 is 23.9 Å². The van der Waals surface area contributed by atoms with E-state index in [4.69, 9.17) is 24.0 Å². The molecule has 2 unspecified atom stereocenters. The Morgan fingerprint density at radius 1 is 0.971 bits per heavy atom. The molecule has 9 heteroatoms. The largest absolute Gasteiger partial charge is 0.493 e. The van der Waals surface area contributed by atoms with Gasteiger partial charge in [-0.25, -0.2) is 5.01 Å². The van der Waals surface area contributed by atoms with Gasteiger partial charge >= 0.3 is 0 Å². The maximum Gasteiger partial charge on any atom is 0.269 e. The van der Waals surface area contributed by atoms with Crippen LogP contribution >= 0.6 is 0 Å². The molecule has 0 saturated heterocycles. The molecule has 0 radical (unpaired) electrons. The van der Waals surface area contributed by atoms with Gasteiger partial charge in [0.05, 0.1) is 38.0 Å². The van der Waals surface area contributed by atoms with E-state index in [2.05, 4.69) is 0 Å². The lowest BCUT2D eigenvalue weighted by atomic mass is 9.95. The van der Waals surface area contributed by atoms with Crippen LogP contribution in [0.3, 0.4) is 0 Å². The van der Waals surface area contributed by atoms with Gasteiger partial charge in [-0.15, -0.1) is 0 Å². The quantitative estimate of drug-likeness (QED) is 0.382. The number of methoxy groups -OCH3 is 3. The molecule has 9 nitrogen and oxygen atoms in total. The summed E-state index contributed by atoms with van der Waals surface area (Å²) in [5.74, 6) is 2.47. The van der Waals surface area contributed by atoms with Crippen LogP contribution in [0, 0.1) is 10.1 Å². The minimum atomic E-state index is -0.661. The summed E-state index contributed by atoms with van der Waals surface area (Å²) in [6.45, 7) is 0. The highest BCUT2D eigenvalue weighted by Gasteiger charge is 2.42. The fraction of sp³-hybridized carbons (Fsp3) is 0.240. The van der Waals surface area contributed by atoms with Crippen LogP contribution in [0.15, 0.2) is 65.8 Å². The summed E-state index contributed by atoms with van der Waals surface area (Å²) in [6, 6.07) is 17.7. The summed E-state index contributed by atoms with van der Waals surface area (Å²) in [6.07, 6.45) is -0.0453. The number of para-hydroxylation sites is 1. The standard InChI is InChI=1S/C25H23N3O6/c1-31-21-11-10-15(13-23(21)33-3)19-14-20-18-8-5-9-22(32-2)24(18)34-25(27(20)26-19)16-6-4-7-17(12-16)28(29)30/h4-13,20,25H,14H2,1-3H3. The molecule has 0 fully saturated rings. The smallest absolute Gasteiger partial charge is 0.269 e. The number of ether oxygens (including phenoxy) is 4. The van der Waals surface area contributed by atoms with Gasteiger partial charge in [0, 0.05) is 35.2 Å². The van der Waals surface area contributed by atoms with Crippen LogP contribution < -0.4 is 18.9 Å². The number of nitro groups is 1. The second-order valence-electron chi connectivity index (χ2n) is 7.92. The van der Waals surface area contributed by atoms with Crippen molar-refractivity contribution in [2.24, 2.45) is 5.10 Å². The van der Waals surface area contributed by atoms with E-state index in [1.807, 2.05) is 41.4 Å². The van der Waals surface area contributed by atoms with E-state index in [1.165, 1.54) is 12.1 Å². The van der Waals surface area contributed by atoms with E-state index < -0.39 is 11.2 Å². The highest BCUT2D eigenvalue weighted by molar-refractivity contribution is 6.02. The summed E-state index contributed by atoms with van der Waals surface area (Å²) in [7, 11) is 4.78. The number of rotatable bonds is 6. The van der Waals surface area contributed by atoms with Gasteiger partial charge in [-0.3, -0.25) is 10.1 Å². The van der Waals surface area contributed by atoms with Gasteiger partial charge in [-0.05, 0) is 24.3 Å². The summed E-state index contributed by atoms with van der Waals surface area (Å²) < 4.78 is 22.8. The molecule has 2 atom stereocenters. The minimum Gasteiger partial charge on any atom is -0.493 e. The Bertz CT molecular complexity index is 1290. The van der Waals surface area contributed by atoms with Gasteiger partial charge < -0.3 is 18.9 Å². The molecule has 0 N–H and O–H groups in total. The number of fused-ring (bicyclic) bond motifs is 3. The molecule has 3 aromatic rings. The first-order valence-electron chi connectivity index (χ1n) is 10.7. The third kappa shape index (κ3) is 3.55. The van der Waals surface area contributed by atoms with E-state index in [-0.39, 0.29) is 11.7 Å². The molecule has 2 aliphatic rings. The monoisotopic (exact) mass is 461 g/mol. The van der Waals surface area contributed by atoms with Crippen LogP contribution in [0.5, 0.6) is 23.0 Å². The van der Waals surface area contributed by atoms with Crippen molar-refractivity contribution in [3.05, 3.63) is 87.5 Å². The number of nitrogens with zero attached hydrogens (tertiary/aromatic N) is 3. The van der Waals surface area contributed by atoms with Gasteiger partial charge in [-0.1, -0.05) is 24.3 Å². The molecular weight excluding hydrogens is 438 g/mol. The summed E-state index contributed by atoms with van der Waals surface area (Å²) in [5.41, 5.74) is 3.31. The number of non-ortho nitro benzene ring substituents is 1. The molecule has 5 rings (SSSR count). The first-order valence-corrected chi connectivity index (χ1v) is 10.7. The Balaban J connectivity index is 1.61. The van der Waals surface area contributed by atoms with Crippen molar-refractivity contribution in [3.8, 4) is 23.0 Å². The van der Waals surface area contributed by atoms with Crippen LogP contribution in [0.25, 0.3) is 0 Å². The zero-order valence-electron chi connectivity index (χ0n) is 18.9. The lowest BCUT2D eigenvalue weighted by Crippen LogP contribution is -2.33. The molecule has 2 heterocycles. The topological polar surface area (TPSA) is 95.7 Å². The van der Waals surface area contributed by atoms with Crippen molar-refractivity contribution in [3.63, 3.8) is 0 Å². The molecule has 0 bridgehead atoms. The van der Waals surface area contributed by atoms with E-state index in [1.54, 1.807) is 33.5 Å². The SMILES string of the molecule is COc1ccc(C2=NN3C(C2)c2cccc(OC)c2OC3c2cccc([N+](=O)[O-])c2)cc1OC. The van der Waals surface area contributed by atoms with Gasteiger partial charge in [0.1, 0.15) is 0 Å². The average molecular weight is 461 g/mol. The third-order valence-electron chi connectivity index (χ3n) is 6.08. The lowest BCUT2D eigenvalue weighted by molar-refractivity contribution is -0.385. The van der Waals surface area contributed by atoms with Crippen molar-refractivity contribution in [2.75, 3.05) is 21.3 Å². The Morgan fingerprint density at radius 3 is 2.47 bits per heavy atom. The number of hydrazone groups is 1. The van der Waals surface area contributed by atoms with E-state index in [0.29, 0.717) is 35.0 Å². The van der Waals surface area contributed by atoms with Crippen LogP contribution in [0.4, 0.5) is 5.69 Å². The highest BCUT2D eigenvalue weighted by atomic mass is 16.6. The fourth-order valence-corrected chi connectivity index (χ4v) is 4.45. The minimum absolute atomic E-state index is 0.00763. The van der Waals surface area contributed by atoms with Gasteiger partial charge in [0.15, 0.2) is 23.0 Å². The van der Waals surface area contributed by atoms with E-state index in [0.717, 1.165) is 16.8 Å². The number of benzene rings is 3. The predicted octanol–water partition coefficient (Wildman–Crippen LogP) is 4.86. The Morgan fingerprint density at radius 2 is 1.74 bits per heavy atom. The van der Waals surface area contributed by atoms with Crippen LogP contribution in [-0.2, 0) is 0 Å². The van der Waals surface area contributed by atoms with Gasteiger partial charge in [0.25, 0.3) is 5.69 Å². The van der Waals surface area contributed by atoms with Crippen molar-refractivity contribution >= 4 is 11.4 Å². The Kier molecular flexibility index (Phi) is 5.45. The zero-order valence-corrected chi connectivity index (χ0v) is 18.9. The molecule has 174 valence electrons. The maximum absolute atomic E-state index is 11.4. The third-order valence-corrected chi connectivity index (χ3v) is 6.08. The van der Waals surface area contributed by atoms with E-state index in [9.17, 15) is 10.1 Å². The molecule has 0 aromatic heterocycles. The summed E-state index contributed by atoms with van der Waals surface area (Å²) >= 11 is 0. The van der Waals surface area contributed by atoms with Crippen LogP contribution in [0.2, 0.25) is 0 Å². The van der Waals surface area contributed by atoms with Crippen molar-refractivity contribution in [2.45, 2.75) is 18.7 Å². The number of hydrogen-bond acceptors (Lipinski definition) is 8. The molecule has 2 aliphatic heterocycles.